The van der Waals surface area contributed by atoms with Crippen LogP contribution in [0.5, 0.6) is 0 Å². The Kier molecular flexibility index (Phi) is 9.74. The normalized spacial score (nSPS) is 9.75. The van der Waals surface area contributed by atoms with Crippen LogP contribution in [0.15, 0.2) is 60.7 Å². The van der Waals surface area contributed by atoms with Crippen LogP contribution in [0.4, 0.5) is 0 Å². The van der Waals surface area contributed by atoms with Gasteiger partial charge in [-0.2, -0.15) is 0 Å². The summed E-state index contributed by atoms with van der Waals surface area (Å²) >= 11 is 0. The van der Waals surface area contributed by atoms with E-state index in [0.717, 1.165) is 13.1 Å². The molecular weight excluding hydrogens is 292 g/mol. The molecule has 2 aromatic rings. The summed E-state index contributed by atoms with van der Waals surface area (Å²) in [5.74, 6) is 5.23. The van der Waals surface area contributed by atoms with Gasteiger partial charge in [0.05, 0.1) is 13.1 Å². The molecule has 24 heavy (non-hydrogen) atoms. The molecule has 2 heteroatoms. The lowest BCUT2D eigenvalue weighted by Crippen LogP contribution is -2.17. The molecule has 0 aliphatic heterocycles. The monoisotopic (exact) mass is 318 g/mol. The molecule has 0 spiro atoms. The molecule has 0 unspecified atom stereocenters. The molecule has 0 radical (unpaired) electrons. The summed E-state index contributed by atoms with van der Waals surface area (Å²) in [5.41, 5.74) is 2.60. The Morgan fingerprint density at radius 1 is 0.667 bits per heavy atom. The Balaban J connectivity index is 0.000000240. The average Bonchev–Trinajstić information content (AvgIpc) is 2.58. The van der Waals surface area contributed by atoms with Crippen molar-refractivity contribution in [1.29, 1.82) is 0 Å². The second-order valence-electron chi connectivity index (χ2n) is 5.72. The molecule has 2 nitrogen and oxygen atoms in total. The zero-order chi connectivity index (χ0) is 17.6. The van der Waals surface area contributed by atoms with Crippen molar-refractivity contribution in [3.8, 4) is 24.7 Å². The average molecular weight is 318 g/mol. The predicted molar refractivity (Wildman–Crippen MR) is 103 cm³/mol. The maximum atomic E-state index is 5.19. The van der Waals surface area contributed by atoms with Gasteiger partial charge in [0.1, 0.15) is 0 Å². The molecule has 0 amide bonds. The van der Waals surface area contributed by atoms with Crippen LogP contribution in [-0.4, -0.2) is 37.0 Å². The third kappa shape index (κ3) is 8.81. The van der Waals surface area contributed by atoms with Crippen LogP contribution in [0.25, 0.3) is 0 Å². The highest BCUT2D eigenvalue weighted by atomic mass is 15.1. The molecular formula is C22H26N2. The Morgan fingerprint density at radius 2 is 1.00 bits per heavy atom. The van der Waals surface area contributed by atoms with E-state index in [0.29, 0.717) is 13.1 Å². The van der Waals surface area contributed by atoms with Crippen LogP contribution in [0.3, 0.4) is 0 Å². The van der Waals surface area contributed by atoms with Crippen LogP contribution < -0.4 is 0 Å². The van der Waals surface area contributed by atoms with Crippen LogP contribution in [0.1, 0.15) is 11.1 Å². The van der Waals surface area contributed by atoms with E-state index < -0.39 is 0 Å². The lowest BCUT2D eigenvalue weighted by molar-refractivity contribution is 0.369. The molecule has 0 N–H and O–H groups in total. The number of rotatable bonds is 6. The Morgan fingerprint density at radius 3 is 1.29 bits per heavy atom. The standard InChI is InChI=1S/2C11H13N/c2*1-3-9-12(2)10-11-7-5-4-6-8-11/h2*1,4-8H,9-10H2,2H3. The second kappa shape index (κ2) is 12.0. The van der Waals surface area contributed by atoms with Crippen molar-refractivity contribution in [2.24, 2.45) is 0 Å². The first kappa shape index (κ1) is 19.5. The van der Waals surface area contributed by atoms with Gasteiger partial charge in [0.2, 0.25) is 0 Å². The first-order valence-electron chi connectivity index (χ1n) is 7.97. The summed E-state index contributed by atoms with van der Waals surface area (Å²) in [4.78, 5) is 4.21. The van der Waals surface area contributed by atoms with Crippen molar-refractivity contribution in [2.75, 3.05) is 27.2 Å². The maximum absolute atomic E-state index is 5.19. The Labute approximate surface area is 147 Å². The number of benzene rings is 2. The molecule has 124 valence electrons. The van der Waals surface area contributed by atoms with Crippen molar-refractivity contribution in [2.45, 2.75) is 13.1 Å². The largest absolute Gasteiger partial charge is 0.291 e. The number of terminal acetylenes is 2. The molecule has 0 fully saturated rings. The van der Waals surface area contributed by atoms with Gasteiger partial charge in [-0.3, -0.25) is 9.80 Å². The highest BCUT2D eigenvalue weighted by Crippen LogP contribution is 2.02. The van der Waals surface area contributed by atoms with Gasteiger partial charge in [-0.15, -0.1) is 12.8 Å². The fourth-order valence-corrected chi connectivity index (χ4v) is 2.21. The van der Waals surface area contributed by atoms with Crippen molar-refractivity contribution in [3.63, 3.8) is 0 Å². The topological polar surface area (TPSA) is 6.48 Å². The summed E-state index contributed by atoms with van der Waals surface area (Å²) in [5, 5.41) is 0. The van der Waals surface area contributed by atoms with Crippen LogP contribution >= 0.6 is 0 Å². The fraction of sp³-hybridized carbons (Fsp3) is 0.273. The van der Waals surface area contributed by atoms with E-state index in [1.165, 1.54) is 11.1 Å². The first-order chi connectivity index (χ1) is 11.7. The van der Waals surface area contributed by atoms with Crippen molar-refractivity contribution < 1.29 is 0 Å². The lowest BCUT2D eigenvalue weighted by atomic mass is 10.2. The maximum Gasteiger partial charge on any atom is 0.0599 e. The minimum Gasteiger partial charge on any atom is -0.291 e. The molecule has 0 aliphatic rings. The molecule has 0 saturated heterocycles. The summed E-state index contributed by atoms with van der Waals surface area (Å²) in [6.45, 7) is 3.25. The zero-order valence-electron chi connectivity index (χ0n) is 14.7. The van der Waals surface area contributed by atoms with Gasteiger partial charge in [-0.05, 0) is 25.2 Å². The van der Waals surface area contributed by atoms with E-state index in [-0.39, 0.29) is 0 Å². The number of nitrogens with zero attached hydrogens (tertiary/aromatic N) is 2. The Hall–Kier alpha value is -2.52. The fourth-order valence-electron chi connectivity index (χ4n) is 2.21. The van der Waals surface area contributed by atoms with Gasteiger partial charge < -0.3 is 0 Å². The summed E-state index contributed by atoms with van der Waals surface area (Å²) in [7, 11) is 4.04. The van der Waals surface area contributed by atoms with E-state index in [2.05, 4.69) is 45.9 Å². The van der Waals surface area contributed by atoms with E-state index in [4.69, 9.17) is 12.8 Å². The van der Waals surface area contributed by atoms with Crippen molar-refractivity contribution in [3.05, 3.63) is 71.8 Å². The summed E-state index contributed by atoms with van der Waals surface area (Å²) in [6, 6.07) is 20.6. The van der Waals surface area contributed by atoms with E-state index in [9.17, 15) is 0 Å². The molecule has 0 saturated carbocycles. The smallest absolute Gasteiger partial charge is 0.0599 e. The molecule has 0 bridgehead atoms. The minimum absolute atomic E-state index is 0.703. The third-order valence-corrected chi connectivity index (χ3v) is 3.31. The first-order valence-corrected chi connectivity index (χ1v) is 7.97. The van der Waals surface area contributed by atoms with Gasteiger partial charge in [0.15, 0.2) is 0 Å². The van der Waals surface area contributed by atoms with Gasteiger partial charge in [0, 0.05) is 13.1 Å². The SMILES string of the molecule is C#CCN(C)Cc1ccccc1.C#CCN(C)Cc1ccccc1. The number of hydrogen-bond acceptors (Lipinski definition) is 2. The highest BCUT2D eigenvalue weighted by molar-refractivity contribution is 5.15. The zero-order valence-corrected chi connectivity index (χ0v) is 14.7. The van der Waals surface area contributed by atoms with Gasteiger partial charge in [0.25, 0.3) is 0 Å². The van der Waals surface area contributed by atoms with Crippen molar-refractivity contribution in [1.82, 2.24) is 9.80 Å². The number of hydrogen-bond donors (Lipinski definition) is 0. The van der Waals surface area contributed by atoms with E-state index in [1.54, 1.807) is 0 Å². The Bertz CT molecular complexity index is 576. The molecule has 0 aromatic heterocycles. The van der Waals surface area contributed by atoms with E-state index in [1.807, 2.05) is 50.5 Å². The summed E-state index contributed by atoms with van der Waals surface area (Å²) in [6.07, 6.45) is 10.4. The molecule has 0 heterocycles. The second-order valence-corrected chi connectivity index (χ2v) is 5.72. The highest BCUT2D eigenvalue weighted by Gasteiger charge is 1.96. The van der Waals surface area contributed by atoms with Crippen LogP contribution in [0.2, 0.25) is 0 Å². The molecule has 2 rings (SSSR count). The molecule has 0 atom stereocenters. The van der Waals surface area contributed by atoms with Crippen molar-refractivity contribution >= 4 is 0 Å². The van der Waals surface area contributed by atoms with Gasteiger partial charge >= 0.3 is 0 Å². The predicted octanol–water partition coefficient (Wildman–Crippen LogP) is 3.50. The minimum atomic E-state index is 0.703. The van der Waals surface area contributed by atoms with Gasteiger partial charge in [-0.1, -0.05) is 72.5 Å². The molecule has 2 aromatic carbocycles. The molecule has 0 aliphatic carbocycles. The van der Waals surface area contributed by atoms with Crippen LogP contribution in [0, 0.1) is 24.7 Å². The lowest BCUT2D eigenvalue weighted by Gasteiger charge is -2.12. The van der Waals surface area contributed by atoms with Crippen LogP contribution in [-0.2, 0) is 13.1 Å². The van der Waals surface area contributed by atoms with E-state index >= 15 is 0 Å². The van der Waals surface area contributed by atoms with Gasteiger partial charge in [-0.25, -0.2) is 0 Å². The third-order valence-electron chi connectivity index (χ3n) is 3.31. The summed E-state index contributed by atoms with van der Waals surface area (Å²) < 4.78 is 0. The quantitative estimate of drug-likeness (QED) is 0.752.